The lowest BCUT2D eigenvalue weighted by Crippen LogP contribution is -2.51. The van der Waals surface area contributed by atoms with E-state index in [9.17, 15) is 23.5 Å². The van der Waals surface area contributed by atoms with Crippen molar-refractivity contribution in [3.63, 3.8) is 0 Å². The monoisotopic (exact) mass is 750 g/mol. The van der Waals surface area contributed by atoms with Gasteiger partial charge in [0.25, 0.3) is 0 Å². The van der Waals surface area contributed by atoms with E-state index in [-0.39, 0.29) is 40.9 Å². The minimum Gasteiger partial charge on any atom is -0.506 e. The Morgan fingerprint density at radius 2 is 1.98 bits per heavy atom. The van der Waals surface area contributed by atoms with E-state index in [0.717, 1.165) is 12.2 Å². The van der Waals surface area contributed by atoms with Crippen LogP contribution in [0.2, 0.25) is 0 Å². The number of hydrogen-bond acceptors (Lipinski definition) is 11. The highest BCUT2D eigenvalue weighted by Crippen LogP contribution is 2.57. The van der Waals surface area contributed by atoms with Gasteiger partial charge < -0.3 is 31.5 Å². The van der Waals surface area contributed by atoms with Crippen LogP contribution >= 0.6 is 11.8 Å². The van der Waals surface area contributed by atoms with Crippen LogP contribution in [0.1, 0.15) is 48.9 Å². The second kappa shape index (κ2) is 13.7. The molecule has 10 nitrogen and oxygen atoms in total. The van der Waals surface area contributed by atoms with Gasteiger partial charge in [-0.1, -0.05) is 30.8 Å². The van der Waals surface area contributed by atoms with Gasteiger partial charge in [-0.25, -0.2) is 22.5 Å². The van der Waals surface area contributed by atoms with Gasteiger partial charge in [-0.15, -0.1) is 0 Å². The molecule has 1 aromatic carbocycles. The lowest BCUT2D eigenvalue weighted by molar-refractivity contribution is -0.139. The number of ether oxygens (including phenoxy) is 1. The fraction of sp³-hybridized carbons (Fsp3) is 0.412. The summed E-state index contributed by atoms with van der Waals surface area (Å²) >= 11 is 0.643. The number of nitrogens with one attached hydrogen (secondary N) is 1. The van der Waals surface area contributed by atoms with E-state index in [1.165, 1.54) is 6.20 Å². The number of phenols is 1. The predicted octanol–water partition coefficient (Wildman–Crippen LogP) is 7.14. The number of piperidine rings is 1. The summed E-state index contributed by atoms with van der Waals surface area (Å²) in [5, 5.41) is 23.3. The van der Waals surface area contributed by atoms with E-state index in [4.69, 9.17) is 16.2 Å². The maximum Gasteiger partial charge on any atom is 0.420 e. The summed E-state index contributed by atoms with van der Waals surface area (Å²) in [4.78, 5) is 14.0. The summed E-state index contributed by atoms with van der Waals surface area (Å²) < 4.78 is 111. The third-order valence-corrected chi connectivity index (χ3v) is 10.9. The van der Waals surface area contributed by atoms with E-state index in [2.05, 4.69) is 20.3 Å². The summed E-state index contributed by atoms with van der Waals surface area (Å²) in [6.45, 7) is 3.40. The molecule has 0 saturated carbocycles. The third kappa shape index (κ3) is 6.44. The highest BCUT2D eigenvalue weighted by Gasteiger charge is 2.48. The maximum atomic E-state index is 17.1. The molecule has 0 amide bonds. The Labute approximate surface area is 297 Å². The average Bonchev–Trinajstić information content (AvgIpc) is 3.41. The fourth-order valence-electron chi connectivity index (χ4n) is 7.32. The third-order valence-electron chi connectivity index (χ3n) is 9.81. The van der Waals surface area contributed by atoms with Crippen molar-refractivity contribution < 1.29 is 40.6 Å². The first-order chi connectivity index (χ1) is 24.5. The Morgan fingerprint density at radius 3 is 2.63 bits per heavy atom. The standard InChI is InChI=1S/C34H33F7N8O2S/c1-14(15-5-4-9-45-29(15)43)46-31-22-25(47-32(48-31)51-13-33(2)12-49(3)10-8-18(33)28(37)38)24(36)21(23(26(22)50)34(39,40)41)16-6-7-19(35)27-20(16)17(11-42)30(44)52-27/h4-7,9,14,16,18,20,28,50H,8,10,12-13,44H2,1-3H3,(H2,43,45)(H,46,47,48)/t14-,16?,18-,20?,33+/m1/s1. The molecule has 4 heterocycles. The second-order valence-electron chi connectivity index (χ2n) is 13.3. The molecule has 3 aromatic rings. The number of pyridine rings is 1. The van der Waals surface area contributed by atoms with E-state index in [1.54, 1.807) is 39.1 Å². The summed E-state index contributed by atoms with van der Waals surface area (Å²) in [5.74, 6) is -8.51. The largest absolute Gasteiger partial charge is 0.506 e. The number of anilines is 2. The molecule has 1 aliphatic carbocycles. The Kier molecular flexibility index (Phi) is 9.72. The normalized spacial score (nSPS) is 24.4. The van der Waals surface area contributed by atoms with E-state index in [1.807, 2.05) is 4.90 Å². The Balaban J connectivity index is 1.57. The number of phenolic OH excluding ortho intramolecular Hbond substituents is 1. The molecular weight excluding hydrogens is 717 g/mol. The van der Waals surface area contributed by atoms with Gasteiger partial charge in [-0.3, -0.25) is 0 Å². The fourth-order valence-corrected chi connectivity index (χ4v) is 8.40. The molecule has 0 spiro atoms. The van der Waals surface area contributed by atoms with Crippen molar-refractivity contribution in [3.8, 4) is 17.8 Å². The number of nitrogen functional groups attached to an aromatic ring is 1. The van der Waals surface area contributed by atoms with Crippen molar-refractivity contribution in [1.82, 2.24) is 19.9 Å². The second-order valence-corrected chi connectivity index (χ2v) is 14.4. The predicted molar refractivity (Wildman–Crippen MR) is 180 cm³/mol. The number of aromatic nitrogens is 3. The smallest absolute Gasteiger partial charge is 0.420 e. The van der Waals surface area contributed by atoms with Crippen LogP contribution in [0.5, 0.6) is 11.8 Å². The lowest BCUT2D eigenvalue weighted by Gasteiger charge is -2.44. The van der Waals surface area contributed by atoms with Crippen molar-refractivity contribution >= 4 is 34.3 Å². The van der Waals surface area contributed by atoms with E-state index in [0.29, 0.717) is 23.9 Å². The number of nitrogens with zero attached hydrogens (tertiary/aromatic N) is 5. The first-order valence-electron chi connectivity index (χ1n) is 16.0. The lowest BCUT2D eigenvalue weighted by atomic mass is 9.73. The number of nitriles is 1. The van der Waals surface area contributed by atoms with Crippen LogP contribution in [0, 0.1) is 34.4 Å². The number of benzene rings is 1. The number of likely N-dealkylation sites (tertiary alicyclic amines) is 1. The van der Waals surface area contributed by atoms with Gasteiger partial charge in [0, 0.05) is 51.9 Å². The Bertz CT molecular complexity index is 2070. The minimum atomic E-state index is -5.40. The Morgan fingerprint density at radius 1 is 1.25 bits per heavy atom. The molecular formula is C34H33F7N8O2S. The summed E-state index contributed by atoms with van der Waals surface area (Å²) in [6.07, 6.45) is -4.70. The molecule has 2 unspecified atom stereocenters. The molecule has 2 aromatic heterocycles. The maximum absolute atomic E-state index is 17.1. The number of fused-ring (bicyclic) bond motifs is 2. The summed E-state index contributed by atoms with van der Waals surface area (Å²) in [7, 11) is 1.76. The van der Waals surface area contributed by atoms with Crippen molar-refractivity contribution in [2.45, 2.75) is 44.8 Å². The van der Waals surface area contributed by atoms with Gasteiger partial charge in [0.1, 0.15) is 34.3 Å². The number of rotatable bonds is 8. The molecule has 0 radical (unpaired) electrons. The zero-order valence-corrected chi connectivity index (χ0v) is 28.7. The van der Waals surface area contributed by atoms with Crippen molar-refractivity contribution in [2.75, 3.05) is 37.8 Å². The molecule has 5 atom stereocenters. The van der Waals surface area contributed by atoms with Gasteiger partial charge in [-0.2, -0.15) is 28.4 Å². The molecule has 6 rings (SSSR count). The SMILES string of the molecule is C[C@@H](Nc1nc(OC[C@]2(C)CN(C)CC[C@@H]2C(F)F)nc2c(F)c(C3C=CC(F)=C4SC(N)=C(C#N)C43)c(C(F)(F)F)c(O)c12)c1cccnc1N. The van der Waals surface area contributed by atoms with Crippen LogP contribution in [-0.2, 0) is 6.18 Å². The van der Waals surface area contributed by atoms with Crippen LogP contribution < -0.4 is 21.5 Å². The molecule has 18 heteroatoms. The zero-order valence-electron chi connectivity index (χ0n) is 27.9. The van der Waals surface area contributed by atoms with E-state index >= 15 is 17.6 Å². The number of nitrogens with two attached hydrogens (primary N) is 2. The van der Waals surface area contributed by atoms with E-state index < -0.39 is 93.1 Å². The first kappa shape index (κ1) is 37.0. The molecule has 1 fully saturated rings. The first-order valence-corrected chi connectivity index (χ1v) is 16.8. The van der Waals surface area contributed by atoms with Crippen LogP contribution in [-0.4, -0.2) is 58.1 Å². The topological polar surface area (TPSA) is 159 Å². The van der Waals surface area contributed by atoms with Gasteiger partial charge in [0.05, 0.1) is 34.7 Å². The highest BCUT2D eigenvalue weighted by molar-refractivity contribution is 8.07. The van der Waals surface area contributed by atoms with Crippen molar-refractivity contribution in [2.24, 2.45) is 23.0 Å². The van der Waals surface area contributed by atoms with Crippen LogP contribution in [0.3, 0.4) is 0 Å². The molecule has 0 bridgehead atoms. The van der Waals surface area contributed by atoms with Gasteiger partial charge in [-0.05, 0) is 39.1 Å². The summed E-state index contributed by atoms with van der Waals surface area (Å²) in [6, 6.07) is 3.50. The average molecular weight is 751 g/mol. The molecule has 6 N–H and O–H groups in total. The Hall–Kier alpha value is -4.76. The zero-order chi connectivity index (χ0) is 37.9. The number of thioether (sulfide) groups is 1. The van der Waals surface area contributed by atoms with Crippen molar-refractivity contribution in [1.29, 1.82) is 5.26 Å². The summed E-state index contributed by atoms with van der Waals surface area (Å²) in [5.41, 5.74) is 7.19. The number of aromatic hydroxyl groups is 1. The number of allylic oxidation sites excluding steroid dienone is 5. The molecule has 2 aliphatic heterocycles. The van der Waals surface area contributed by atoms with Crippen LogP contribution in [0.4, 0.5) is 42.4 Å². The molecule has 276 valence electrons. The van der Waals surface area contributed by atoms with Gasteiger partial charge in [0.15, 0.2) is 5.82 Å². The van der Waals surface area contributed by atoms with Crippen LogP contribution in [0.15, 0.2) is 51.8 Å². The van der Waals surface area contributed by atoms with Gasteiger partial charge >= 0.3 is 12.2 Å². The molecule has 1 saturated heterocycles. The van der Waals surface area contributed by atoms with Crippen molar-refractivity contribution in [3.05, 3.63) is 74.3 Å². The number of halogens is 7. The number of hydrogen-bond donors (Lipinski definition) is 4. The molecule has 3 aliphatic rings. The minimum absolute atomic E-state index is 0.0635. The van der Waals surface area contributed by atoms with Gasteiger partial charge in [0.2, 0.25) is 6.43 Å². The highest BCUT2D eigenvalue weighted by atomic mass is 32.2. The van der Waals surface area contributed by atoms with Crippen LogP contribution in [0.25, 0.3) is 10.9 Å². The number of alkyl halides is 5. The molecule has 52 heavy (non-hydrogen) atoms. The quantitative estimate of drug-likeness (QED) is 0.174.